The van der Waals surface area contributed by atoms with Crippen LogP contribution in [0.15, 0.2) is 60.3 Å². The van der Waals surface area contributed by atoms with Gasteiger partial charge < -0.3 is 15.1 Å². The van der Waals surface area contributed by atoms with Crippen LogP contribution >= 0.6 is 0 Å². The number of piperazine rings is 1. The van der Waals surface area contributed by atoms with Crippen LogP contribution in [0.3, 0.4) is 0 Å². The molecule has 0 atom stereocenters. The lowest BCUT2D eigenvalue weighted by Gasteiger charge is -2.36. The van der Waals surface area contributed by atoms with Crippen molar-refractivity contribution in [1.82, 2.24) is 10.2 Å². The van der Waals surface area contributed by atoms with Gasteiger partial charge in [0, 0.05) is 44.6 Å². The van der Waals surface area contributed by atoms with Gasteiger partial charge in [0.25, 0.3) is 5.91 Å². The van der Waals surface area contributed by atoms with E-state index in [4.69, 9.17) is 0 Å². The Kier molecular flexibility index (Phi) is 6.85. The Morgan fingerprint density at radius 3 is 2.55 bits per heavy atom. The van der Waals surface area contributed by atoms with Crippen LogP contribution in [0.1, 0.15) is 11.1 Å². The second kappa shape index (κ2) is 9.74. The van der Waals surface area contributed by atoms with Gasteiger partial charge in [0.1, 0.15) is 17.5 Å². The minimum Gasteiger partial charge on any atom is -0.389 e. The summed E-state index contributed by atoms with van der Waals surface area (Å²) in [5.41, 5.74) is 3.48. The van der Waals surface area contributed by atoms with E-state index < -0.39 is 0 Å². The Bertz CT molecular complexity index is 909. The molecule has 0 bridgehead atoms. The van der Waals surface area contributed by atoms with E-state index >= 15 is 0 Å². The Labute approximate surface area is 171 Å². The smallest absolute Gasteiger partial charge is 0.266 e. The highest BCUT2D eigenvalue weighted by atomic mass is 19.1. The molecule has 1 aliphatic heterocycles. The van der Waals surface area contributed by atoms with Crippen LogP contribution in [0.2, 0.25) is 0 Å². The van der Waals surface area contributed by atoms with E-state index in [0.29, 0.717) is 32.7 Å². The zero-order valence-electron chi connectivity index (χ0n) is 16.6. The number of nitriles is 1. The second-order valence-corrected chi connectivity index (χ2v) is 7.12. The molecule has 0 aliphatic carbocycles. The summed E-state index contributed by atoms with van der Waals surface area (Å²) in [5, 5.41) is 12.5. The fraction of sp³-hybridized carbons (Fsp3) is 0.304. The number of halogens is 1. The Hall–Kier alpha value is -3.33. The zero-order chi connectivity index (χ0) is 20.6. The normalized spacial score (nSPS) is 14.4. The highest BCUT2D eigenvalue weighted by Crippen LogP contribution is 2.17. The first-order valence-corrected chi connectivity index (χ1v) is 9.76. The average Bonchev–Trinajstić information content (AvgIpc) is 2.74. The first-order valence-electron chi connectivity index (χ1n) is 9.76. The van der Waals surface area contributed by atoms with Crippen LogP contribution in [0.4, 0.5) is 10.1 Å². The van der Waals surface area contributed by atoms with Crippen molar-refractivity contribution < 1.29 is 9.18 Å². The fourth-order valence-electron chi connectivity index (χ4n) is 3.39. The van der Waals surface area contributed by atoms with E-state index in [1.54, 1.807) is 17.0 Å². The molecule has 3 rings (SSSR count). The Morgan fingerprint density at radius 1 is 1.17 bits per heavy atom. The van der Waals surface area contributed by atoms with Crippen molar-refractivity contribution in [2.75, 3.05) is 37.6 Å². The number of benzene rings is 2. The fourth-order valence-corrected chi connectivity index (χ4v) is 3.39. The van der Waals surface area contributed by atoms with E-state index in [2.05, 4.69) is 35.3 Å². The third-order valence-electron chi connectivity index (χ3n) is 5.00. The number of carbonyl (C=O) groups excluding carboxylic acids is 1. The maximum Gasteiger partial charge on any atom is 0.266 e. The minimum atomic E-state index is -0.263. The van der Waals surface area contributed by atoms with Crippen LogP contribution in [0, 0.1) is 24.1 Å². The average molecular weight is 392 g/mol. The summed E-state index contributed by atoms with van der Waals surface area (Å²) in [5.74, 6) is -0.518. The summed E-state index contributed by atoms with van der Waals surface area (Å²) in [6.07, 6.45) is 2.34. The van der Waals surface area contributed by atoms with Gasteiger partial charge in [0.2, 0.25) is 0 Å². The molecule has 150 valence electrons. The van der Waals surface area contributed by atoms with Gasteiger partial charge in [-0.05, 0) is 43.2 Å². The number of anilines is 1. The number of nitrogens with one attached hydrogen (secondary N) is 1. The molecule has 0 saturated carbocycles. The van der Waals surface area contributed by atoms with Crippen LogP contribution in [-0.4, -0.2) is 43.5 Å². The van der Waals surface area contributed by atoms with Crippen molar-refractivity contribution in [3.05, 3.63) is 77.2 Å². The van der Waals surface area contributed by atoms with E-state index in [-0.39, 0.29) is 17.3 Å². The Morgan fingerprint density at radius 2 is 1.90 bits per heavy atom. The monoisotopic (exact) mass is 392 g/mol. The highest BCUT2D eigenvalue weighted by Gasteiger charge is 2.23. The molecule has 2 aromatic carbocycles. The summed E-state index contributed by atoms with van der Waals surface area (Å²) in [4.78, 5) is 16.5. The summed E-state index contributed by atoms with van der Waals surface area (Å²) in [6.45, 7) is 5.06. The van der Waals surface area contributed by atoms with Gasteiger partial charge in [0.15, 0.2) is 0 Å². The maximum atomic E-state index is 13.1. The predicted octanol–water partition coefficient (Wildman–Crippen LogP) is 3.02. The molecule has 1 saturated heterocycles. The van der Waals surface area contributed by atoms with Crippen LogP contribution in [-0.2, 0) is 11.2 Å². The lowest BCUT2D eigenvalue weighted by molar-refractivity contribution is -0.127. The van der Waals surface area contributed by atoms with Gasteiger partial charge in [-0.25, -0.2) is 4.39 Å². The van der Waals surface area contributed by atoms with Gasteiger partial charge in [-0.15, -0.1) is 0 Å². The molecule has 1 amide bonds. The van der Waals surface area contributed by atoms with Crippen molar-refractivity contribution in [3.8, 4) is 6.07 Å². The van der Waals surface area contributed by atoms with Crippen molar-refractivity contribution in [1.29, 1.82) is 5.26 Å². The van der Waals surface area contributed by atoms with E-state index in [1.165, 1.54) is 29.5 Å². The standard InChI is InChI=1S/C23H25FN4O/c1-18-3-2-4-19(15-18)9-10-26-17-20(16-25)23(29)28-13-11-27(12-14-28)22-7-5-21(24)6-8-22/h2-8,15,17,26H,9-14H2,1H3/b20-17-. The highest BCUT2D eigenvalue weighted by molar-refractivity contribution is 5.97. The van der Waals surface area contributed by atoms with Gasteiger partial charge in [-0.1, -0.05) is 29.8 Å². The molecular weight excluding hydrogens is 367 g/mol. The van der Waals surface area contributed by atoms with Crippen LogP contribution in [0.25, 0.3) is 0 Å². The number of aryl methyl sites for hydroxylation is 1. The topological polar surface area (TPSA) is 59.4 Å². The SMILES string of the molecule is Cc1cccc(CCN/C=C(/C#N)C(=O)N2CCN(c3ccc(F)cc3)CC2)c1. The van der Waals surface area contributed by atoms with Gasteiger partial charge in [0.05, 0.1) is 0 Å². The second-order valence-electron chi connectivity index (χ2n) is 7.12. The van der Waals surface area contributed by atoms with Crippen LogP contribution in [0.5, 0.6) is 0 Å². The number of nitrogens with zero attached hydrogens (tertiary/aromatic N) is 3. The lowest BCUT2D eigenvalue weighted by Crippen LogP contribution is -2.49. The molecule has 0 aromatic heterocycles. The van der Waals surface area contributed by atoms with Crippen molar-refractivity contribution in [2.45, 2.75) is 13.3 Å². The zero-order valence-corrected chi connectivity index (χ0v) is 16.6. The summed E-state index contributed by atoms with van der Waals surface area (Å²) in [6, 6.07) is 16.6. The van der Waals surface area contributed by atoms with E-state index in [1.807, 2.05) is 12.1 Å². The number of carbonyl (C=O) groups is 1. The van der Waals surface area contributed by atoms with Gasteiger partial charge in [-0.2, -0.15) is 5.26 Å². The number of hydrogen-bond acceptors (Lipinski definition) is 4. The van der Waals surface area contributed by atoms with Gasteiger partial charge >= 0.3 is 0 Å². The number of rotatable bonds is 6. The molecule has 0 unspecified atom stereocenters. The molecule has 1 heterocycles. The van der Waals surface area contributed by atoms with Crippen LogP contribution < -0.4 is 10.2 Å². The maximum absolute atomic E-state index is 13.1. The molecule has 2 aromatic rings. The molecule has 29 heavy (non-hydrogen) atoms. The minimum absolute atomic E-state index is 0.115. The number of hydrogen-bond donors (Lipinski definition) is 1. The summed E-state index contributed by atoms with van der Waals surface area (Å²) in [7, 11) is 0. The largest absolute Gasteiger partial charge is 0.389 e. The quantitative estimate of drug-likeness (QED) is 0.466. The van der Waals surface area contributed by atoms with E-state index in [0.717, 1.165) is 12.1 Å². The van der Waals surface area contributed by atoms with Gasteiger partial charge in [-0.3, -0.25) is 4.79 Å². The summed E-state index contributed by atoms with van der Waals surface area (Å²) < 4.78 is 13.1. The molecule has 5 nitrogen and oxygen atoms in total. The lowest BCUT2D eigenvalue weighted by atomic mass is 10.1. The molecule has 0 spiro atoms. The molecular formula is C23H25FN4O. The third-order valence-corrected chi connectivity index (χ3v) is 5.00. The first kappa shape index (κ1) is 20.4. The third kappa shape index (κ3) is 5.58. The predicted molar refractivity (Wildman–Crippen MR) is 112 cm³/mol. The van der Waals surface area contributed by atoms with Crippen molar-refractivity contribution >= 4 is 11.6 Å². The first-order chi connectivity index (χ1) is 14.1. The number of amides is 1. The Balaban J connectivity index is 1.49. The summed E-state index contributed by atoms with van der Waals surface area (Å²) >= 11 is 0. The van der Waals surface area contributed by atoms with Crippen molar-refractivity contribution in [2.24, 2.45) is 0 Å². The molecule has 0 radical (unpaired) electrons. The van der Waals surface area contributed by atoms with E-state index in [9.17, 15) is 14.4 Å². The van der Waals surface area contributed by atoms with Crippen molar-refractivity contribution in [3.63, 3.8) is 0 Å². The molecule has 6 heteroatoms. The molecule has 1 fully saturated rings. The molecule has 1 N–H and O–H groups in total. The molecule has 1 aliphatic rings.